The van der Waals surface area contributed by atoms with E-state index in [9.17, 15) is 13.2 Å². The maximum absolute atomic E-state index is 12.8. The maximum Gasteiger partial charge on any atom is 0.273 e. The predicted octanol–water partition coefficient (Wildman–Crippen LogP) is 4.88. The Morgan fingerprint density at radius 2 is 1.67 bits per heavy atom. The second kappa shape index (κ2) is 11.3. The number of carbonyl (C=O) groups is 1. The molecule has 1 amide bonds. The van der Waals surface area contributed by atoms with E-state index in [1.165, 1.54) is 30.5 Å². The van der Waals surface area contributed by atoms with Gasteiger partial charge >= 0.3 is 0 Å². The number of amides is 1. The van der Waals surface area contributed by atoms with E-state index in [-0.39, 0.29) is 16.1 Å². The lowest BCUT2D eigenvalue weighted by Gasteiger charge is -2.12. The van der Waals surface area contributed by atoms with E-state index in [1.54, 1.807) is 30.3 Å². The van der Waals surface area contributed by atoms with Crippen LogP contribution in [-0.4, -0.2) is 27.1 Å². The number of hydrogen-bond acceptors (Lipinski definition) is 5. The lowest BCUT2D eigenvalue weighted by atomic mass is 10.2. The zero-order valence-electron chi connectivity index (χ0n) is 17.7. The summed E-state index contributed by atoms with van der Waals surface area (Å²) in [6, 6.07) is 21.6. The summed E-state index contributed by atoms with van der Waals surface area (Å²) in [7, 11) is -3.92. The Hall–Kier alpha value is -3.62. The number of hydrazone groups is 1. The van der Waals surface area contributed by atoms with Crippen molar-refractivity contribution >= 4 is 45.5 Å². The van der Waals surface area contributed by atoms with E-state index in [0.29, 0.717) is 17.4 Å². The van der Waals surface area contributed by atoms with Crippen molar-refractivity contribution in [1.82, 2.24) is 5.43 Å². The molecule has 0 saturated heterocycles. The molecule has 9 heteroatoms. The van der Waals surface area contributed by atoms with Gasteiger partial charge in [-0.2, -0.15) is 5.10 Å². The molecule has 0 aromatic heterocycles. The molecule has 33 heavy (non-hydrogen) atoms. The van der Waals surface area contributed by atoms with Crippen molar-refractivity contribution in [2.75, 3.05) is 11.3 Å². The Labute approximate surface area is 197 Å². The molecule has 0 bridgehead atoms. The minimum atomic E-state index is -3.92. The van der Waals surface area contributed by atoms with Crippen LogP contribution >= 0.6 is 11.6 Å². The standard InChI is InChI=1S/C24H22ClN3O4S/c1-2-32-20-12-14-21(15-13-20)33(30,31)28-23-11-7-6-10-22(23)24(29)27-26-17-19(25)16-18-8-4-3-5-9-18/h3-17,28H,2H2,1H3,(H,27,29). The van der Waals surface area contributed by atoms with Crippen LogP contribution in [-0.2, 0) is 10.0 Å². The average molecular weight is 484 g/mol. The first-order chi connectivity index (χ1) is 15.9. The van der Waals surface area contributed by atoms with Crippen LogP contribution < -0.4 is 14.9 Å². The number of sulfonamides is 1. The molecule has 0 saturated carbocycles. The number of anilines is 1. The molecule has 0 aliphatic heterocycles. The Morgan fingerprint density at radius 1 is 1.00 bits per heavy atom. The molecule has 0 radical (unpaired) electrons. The second-order valence-corrected chi connectivity index (χ2v) is 8.81. The summed E-state index contributed by atoms with van der Waals surface area (Å²) in [5, 5.41) is 4.16. The number of nitrogens with zero attached hydrogens (tertiary/aromatic N) is 1. The fraction of sp³-hybridized carbons (Fsp3) is 0.0833. The lowest BCUT2D eigenvalue weighted by molar-refractivity contribution is 0.0956. The van der Waals surface area contributed by atoms with Crippen LogP contribution in [0.1, 0.15) is 22.8 Å². The number of ether oxygens (including phenoxy) is 1. The highest BCUT2D eigenvalue weighted by atomic mass is 35.5. The van der Waals surface area contributed by atoms with Crippen molar-refractivity contribution in [2.45, 2.75) is 11.8 Å². The van der Waals surface area contributed by atoms with Crippen LogP contribution in [0.5, 0.6) is 5.75 Å². The van der Waals surface area contributed by atoms with Crippen molar-refractivity contribution in [3.05, 3.63) is 95.0 Å². The first-order valence-electron chi connectivity index (χ1n) is 9.99. The summed E-state index contributed by atoms with van der Waals surface area (Å²) in [5.41, 5.74) is 3.46. The molecule has 0 fully saturated rings. The van der Waals surface area contributed by atoms with Gasteiger partial charge in [-0.1, -0.05) is 54.1 Å². The van der Waals surface area contributed by atoms with E-state index in [2.05, 4.69) is 15.2 Å². The van der Waals surface area contributed by atoms with Gasteiger partial charge in [0.05, 0.1) is 34.0 Å². The predicted molar refractivity (Wildman–Crippen MR) is 131 cm³/mol. The number of para-hydroxylation sites is 1. The van der Waals surface area contributed by atoms with Crippen molar-refractivity contribution in [3.8, 4) is 5.75 Å². The average Bonchev–Trinajstić information content (AvgIpc) is 2.80. The number of carbonyl (C=O) groups excluding carboxylic acids is 1. The van der Waals surface area contributed by atoms with Gasteiger partial charge in [-0.15, -0.1) is 0 Å². The molecule has 3 aromatic rings. The second-order valence-electron chi connectivity index (χ2n) is 6.69. The Kier molecular flexibility index (Phi) is 8.23. The largest absolute Gasteiger partial charge is 0.494 e. The highest BCUT2D eigenvalue weighted by Crippen LogP contribution is 2.22. The maximum atomic E-state index is 12.8. The van der Waals surface area contributed by atoms with Gasteiger partial charge in [-0.05, 0) is 55.0 Å². The van der Waals surface area contributed by atoms with Gasteiger partial charge in [0.25, 0.3) is 15.9 Å². The van der Waals surface area contributed by atoms with Crippen molar-refractivity contribution in [2.24, 2.45) is 5.10 Å². The molecule has 0 aliphatic rings. The Balaban J connectivity index is 1.71. The van der Waals surface area contributed by atoms with Crippen molar-refractivity contribution < 1.29 is 17.9 Å². The van der Waals surface area contributed by atoms with Crippen molar-refractivity contribution in [3.63, 3.8) is 0 Å². The zero-order valence-corrected chi connectivity index (χ0v) is 19.3. The number of benzene rings is 3. The first kappa shape index (κ1) is 24.0. The molecule has 0 spiro atoms. The number of rotatable bonds is 9. The molecule has 170 valence electrons. The van der Waals surface area contributed by atoms with Gasteiger partial charge in [0.15, 0.2) is 0 Å². The van der Waals surface area contributed by atoms with Crippen LogP contribution in [0.4, 0.5) is 5.69 Å². The molecule has 3 rings (SSSR count). The van der Waals surface area contributed by atoms with Gasteiger partial charge < -0.3 is 4.74 Å². The zero-order chi connectivity index (χ0) is 23.7. The summed E-state index contributed by atoms with van der Waals surface area (Å²) in [6.07, 6.45) is 2.98. The molecule has 0 aliphatic carbocycles. The molecule has 0 atom stereocenters. The van der Waals surface area contributed by atoms with E-state index in [4.69, 9.17) is 16.3 Å². The molecule has 7 nitrogen and oxygen atoms in total. The normalized spacial score (nSPS) is 11.9. The quantitative estimate of drug-likeness (QED) is 0.335. The fourth-order valence-electron chi connectivity index (χ4n) is 2.81. The smallest absolute Gasteiger partial charge is 0.273 e. The molecule has 2 N–H and O–H groups in total. The highest BCUT2D eigenvalue weighted by Gasteiger charge is 2.18. The minimum Gasteiger partial charge on any atom is -0.494 e. The van der Waals surface area contributed by atoms with Crippen LogP contribution in [0.15, 0.2) is 93.9 Å². The van der Waals surface area contributed by atoms with Gasteiger partial charge in [0.2, 0.25) is 0 Å². The topological polar surface area (TPSA) is 96.9 Å². The van der Waals surface area contributed by atoms with Gasteiger partial charge in [0, 0.05) is 0 Å². The van der Waals surface area contributed by atoms with Gasteiger partial charge in [-0.25, -0.2) is 13.8 Å². The van der Waals surface area contributed by atoms with E-state index < -0.39 is 15.9 Å². The van der Waals surface area contributed by atoms with E-state index in [1.807, 2.05) is 37.3 Å². The Bertz CT molecular complexity index is 1260. The van der Waals surface area contributed by atoms with Gasteiger partial charge in [0.1, 0.15) is 5.75 Å². The molecular weight excluding hydrogens is 462 g/mol. The van der Waals surface area contributed by atoms with Crippen LogP contribution in [0.25, 0.3) is 6.08 Å². The Morgan fingerprint density at radius 3 is 2.36 bits per heavy atom. The van der Waals surface area contributed by atoms with Gasteiger partial charge in [-0.3, -0.25) is 9.52 Å². The monoisotopic (exact) mass is 483 g/mol. The number of nitrogens with one attached hydrogen (secondary N) is 2. The SMILES string of the molecule is CCOc1ccc(S(=O)(=O)Nc2ccccc2C(=O)NN=CC(Cl)=Cc2ccccc2)cc1. The number of allylic oxidation sites excluding steroid dienone is 1. The molecule has 3 aromatic carbocycles. The fourth-order valence-corrected chi connectivity index (χ4v) is 4.07. The van der Waals surface area contributed by atoms with E-state index in [0.717, 1.165) is 5.56 Å². The third-order valence-corrected chi connectivity index (χ3v) is 5.91. The summed E-state index contributed by atoms with van der Waals surface area (Å²) in [6.45, 7) is 2.31. The third kappa shape index (κ3) is 6.93. The van der Waals surface area contributed by atoms with Crippen LogP contribution in [0, 0.1) is 0 Å². The van der Waals surface area contributed by atoms with Crippen LogP contribution in [0.3, 0.4) is 0 Å². The highest BCUT2D eigenvalue weighted by molar-refractivity contribution is 7.92. The van der Waals surface area contributed by atoms with Crippen molar-refractivity contribution in [1.29, 1.82) is 0 Å². The minimum absolute atomic E-state index is 0.0389. The third-order valence-electron chi connectivity index (χ3n) is 4.32. The molecular formula is C24H22ClN3O4S. The number of hydrogen-bond donors (Lipinski definition) is 2. The molecule has 0 heterocycles. The summed E-state index contributed by atoms with van der Waals surface area (Å²) >= 11 is 6.12. The number of halogens is 1. The first-order valence-corrected chi connectivity index (χ1v) is 11.9. The lowest BCUT2D eigenvalue weighted by Crippen LogP contribution is -2.21. The summed E-state index contributed by atoms with van der Waals surface area (Å²) in [4.78, 5) is 12.6. The summed E-state index contributed by atoms with van der Waals surface area (Å²) < 4.78 is 33.4. The van der Waals surface area contributed by atoms with E-state index >= 15 is 0 Å². The summed E-state index contributed by atoms with van der Waals surface area (Å²) in [5.74, 6) is -0.0329. The van der Waals surface area contributed by atoms with Crippen LogP contribution in [0.2, 0.25) is 0 Å². The molecule has 0 unspecified atom stereocenters.